The maximum atomic E-state index is 11.7. The zero-order chi connectivity index (χ0) is 17.2. The van der Waals surface area contributed by atoms with Gasteiger partial charge in [0.25, 0.3) is 5.91 Å². The van der Waals surface area contributed by atoms with Crippen molar-refractivity contribution in [3.63, 3.8) is 0 Å². The first kappa shape index (κ1) is 14.9. The molecule has 0 fully saturated rings. The molecule has 25 heavy (non-hydrogen) atoms. The largest absolute Gasteiger partial charge is 0.365 e. The number of primary amides is 1. The predicted octanol–water partition coefficient (Wildman–Crippen LogP) is 1.90. The van der Waals surface area contributed by atoms with Gasteiger partial charge in [0, 0.05) is 18.8 Å². The number of pyridine rings is 1. The summed E-state index contributed by atoms with van der Waals surface area (Å²) in [4.78, 5) is 29.2. The molecule has 0 aliphatic heterocycles. The first-order valence-electron chi connectivity index (χ1n) is 7.70. The minimum atomic E-state index is -0.550. The Hall–Kier alpha value is -3.61. The Kier molecular flexibility index (Phi) is 3.66. The molecule has 0 aliphatic carbocycles. The van der Waals surface area contributed by atoms with E-state index in [9.17, 15) is 4.79 Å². The van der Waals surface area contributed by atoms with E-state index in [1.165, 1.54) is 6.20 Å². The van der Waals surface area contributed by atoms with E-state index < -0.39 is 5.91 Å². The third-order valence-electron chi connectivity index (χ3n) is 3.86. The second-order valence-electron chi connectivity index (χ2n) is 5.52. The quantitative estimate of drug-likeness (QED) is 0.616. The Morgan fingerprint density at radius 2 is 1.88 bits per heavy atom. The van der Waals surface area contributed by atoms with Crippen LogP contribution < -0.4 is 5.73 Å². The van der Waals surface area contributed by atoms with Crippen molar-refractivity contribution >= 4 is 17.1 Å². The van der Waals surface area contributed by atoms with E-state index in [-0.39, 0.29) is 0 Å². The topological polar surface area (TPSA) is 99.6 Å². The summed E-state index contributed by atoms with van der Waals surface area (Å²) in [7, 11) is 0. The van der Waals surface area contributed by atoms with Crippen LogP contribution in [0.25, 0.3) is 17.1 Å². The molecular weight excluding hydrogens is 316 g/mol. The van der Waals surface area contributed by atoms with Gasteiger partial charge in [-0.3, -0.25) is 9.36 Å². The normalized spacial score (nSPS) is 10.9. The summed E-state index contributed by atoms with van der Waals surface area (Å²) in [6.45, 7) is 0. The summed E-state index contributed by atoms with van der Waals surface area (Å²) in [6, 6.07) is 13.4. The van der Waals surface area contributed by atoms with Crippen molar-refractivity contribution < 1.29 is 4.79 Å². The molecule has 3 heterocycles. The minimum Gasteiger partial charge on any atom is -0.365 e. The van der Waals surface area contributed by atoms with Crippen molar-refractivity contribution in [2.45, 2.75) is 6.42 Å². The fourth-order valence-corrected chi connectivity index (χ4v) is 2.65. The van der Waals surface area contributed by atoms with E-state index in [1.54, 1.807) is 17.1 Å². The average molecular weight is 330 g/mol. The minimum absolute atomic E-state index is 0.310. The van der Waals surface area contributed by atoms with Gasteiger partial charge in [-0.1, -0.05) is 30.3 Å². The number of hydrogen-bond donors (Lipinski definition) is 1. The number of hydrogen-bond acceptors (Lipinski definition) is 5. The number of benzene rings is 1. The van der Waals surface area contributed by atoms with E-state index in [2.05, 4.69) is 19.9 Å². The van der Waals surface area contributed by atoms with Crippen LogP contribution in [0.3, 0.4) is 0 Å². The van der Waals surface area contributed by atoms with Crippen LogP contribution in [0.4, 0.5) is 0 Å². The van der Waals surface area contributed by atoms with Crippen molar-refractivity contribution in [3.8, 4) is 5.95 Å². The summed E-state index contributed by atoms with van der Waals surface area (Å²) in [6.07, 6.45) is 5.23. The molecule has 0 radical (unpaired) electrons. The lowest BCUT2D eigenvalue weighted by Gasteiger charge is -2.09. The highest BCUT2D eigenvalue weighted by molar-refractivity contribution is 5.93. The van der Waals surface area contributed by atoms with E-state index in [1.807, 2.05) is 42.5 Å². The Labute approximate surface area is 143 Å². The van der Waals surface area contributed by atoms with Gasteiger partial charge in [-0.25, -0.2) is 19.9 Å². The van der Waals surface area contributed by atoms with Crippen LogP contribution in [0.5, 0.6) is 0 Å². The molecule has 0 bridgehead atoms. The first-order valence-corrected chi connectivity index (χ1v) is 7.70. The average Bonchev–Trinajstić information content (AvgIpc) is 3.06. The number of rotatable bonds is 4. The summed E-state index contributed by atoms with van der Waals surface area (Å²) in [5.74, 6) is -0.150. The Balaban J connectivity index is 1.82. The van der Waals surface area contributed by atoms with Crippen LogP contribution in [-0.4, -0.2) is 30.4 Å². The fourth-order valence-electron chi connectivity index (χ4n) is 2.65. The van der Waals surface area contributed by atoms with Gasteiger partial charge >= 0.3 is 0 Å². The van der Waals surface area contributed by atoms with E-state index in [4.69, 9.17) is 5.73 Å². The maximum Gasteiger partial charge on any atom is 0.252 e. The molecule has 0 unspecified atom stereocenters. The zero-order valence-corrected chi connectivity index (χ0v) is 13.2. The Morgan fingerprint density at radius 3 is 2.68 bits per heavy atom. The summed E-state index contributed by atoms with van der Waals surface area (Å²) in [5.41, 5.74) is 8.79. The molecule has 0 atom stereocenters. The van der Waals surface area contributed by atoms with E-state index in [0.29, 0.717) is 29.3 Å². The molecule has 122 valence electrons. The van der Waals surface area contributed by atoms with Gasteiger partial charge < -0.3 is 5.73 Å². The maximum absolute atomic E-state index is 11.7. The highest BCUT2D eigenvalue weighted by Gasteiger charge is 2.15. The number of amides is 1. The molecular formula is C18H14N6O. The van der Waals surface area contributed by atoms with Crippen molar-refractivity contribution in [2.75, 3.05) is 0 Å². The molecule has 0 aliphatic rings. The summed E-state index contributed by atoms with van der Waals surface area (Å²) >= 11 is 0. The molecule has 7 nitrogen and oxygen atoms in total. The van der Waals surface area contributed by atoms with Gasteiger partial charge in [0.15, 0.2) is 5.65 Å². The van der Waals surface area contributed by atoms with Crippen LogP contribution in [-0.2, 0) is 6.42 Å². The standard InChI is InChI=1S/C18H14N6O/c19-16(25)13-10-21-18(23-15(13)9-12-5-2-1-3-6-12)24-11-22-14-7-4-8-20-17(14)24/h1-8,10-11H,9H2,(H2,19,25). The third kappa shape index (κ3) is 2.83. The monoisotopic (exact) mass is 330 g/mol. The van der Waals surface area contributed by atoms with Gasteiger partial charge in [0.2, 0.25) is 5.95 Å². The Bertz CT molecular complexity index is 1060. The van der Waals surface area contributed by atoms with Gasteiger partial charge in [0.1, 0.15) is 11.8 Å². The SMILES string of the molecule is NC(=O)c1cnc(-n2cnc3cccnc32)nc1Cc1ccccc1. The van der Waals surface area contributed by atoms with Crippen LogP contribution >= 0.6 is 0 Å². The van der Waals surface area contributed by atoms with Gasteiger partial charge in [0.05, 0.1) is 11.3 Å². The van der Waals surface area contributed by atoms with Crippen molar-refractivity contribution in [3.05, 3.63) is 78.0 Å². The second-order valence-corrected chi connectivity index (χ2v) is 5.52. The molecule has 2 N–H and O–H groups in total. The van der Waals surface area contributed by atoms with Gasteiger partial charge in [-0.2, -0.15) is 0 Å². The smallest absolute Gasteiger partial charge is 0.252 e. The molecule has 0 spiro atoms. The second kappa shape index (κ2) is 6.12. The van der Waals surface area contributed by atoms with Gasteiger partial charge in [-0.15, -0.1) is 0 Å². The molecule has 0 saturated carbocycles. The number of fused-ring (bicyclic) bond motifs is 1. The molecule has 7 heteroatoms. The van der Waals surface area contributed by atoms with E-state index >= 15 is 0 Å². The third-order valence-corrected chi connectivity index (χ3v) is 3.86. The number of nitrogens with two attached hydrogens (primary N) is 1. The van der Waals surface area contributed by atoms with Gasteiger partial charge in [-0.05, 0) is 17.7 Å². The lowest BCUT2D eigenvalue weighted by Crippen LogP contribution is -2.17. The molecule has 0 saturated heterocycles. The number of carbonyl (C=O) groups excluding carboxylic acids is 1. The predicted molar refractivity (Wildman–Crippen MR) is 92.2 cm³/mol. The summed E-state index contributed by atoms with van der Waals surface area (Å²) in [5, 5.41) is 0. The number of imidazole rings is 1. The lowest BCUT2D eigenvalue weighted by molar-refractivity contribution is 0.0998. The van der Waals surface area contributed by atoms with Crippen LogP contribution in [0.1, 0.15) is 21.6 Å². The number of carbonyl (C=O) groups is 1. The van der Waals surface area contributed by atoms with Crippen LogP contribution in [0.15, 0.2) is 61.2 Å². The molecule has 4 rings (SSSR count). The highest BCUT2D eigenvalue weighted by Crippen LogP contribution is 2.16. The van der Waals surface area contributed by atoms with Crippen LogP contribution in [0.2, 0.25) is 0 Å². The highest BCUT2D eigenvalue weighted by atomic mass is 16.1. The Morgan fingerprint density at radius 1 is 1.04 bits per heavy atom. The lowest BCUT2D eigenvalue weighted by atomic mass is 10.1. The van der Waals surface area contributed by atoms with Crippen molar-refractivity contribution in [2.24, 2.45) is 5.73 Å². The molecule has 4 aromatic rings. The first-order chi connectivity index (χ1) is 12.2. The van der Waals surface area contributed by atoms with Crippen molar-refractivity contribution in [1.29, 1.82) is 0 Å². The van der Waals surface area contributed by atoms with E-state index in [0.717, 1.165) is 11.1 Å². The number of nitrogens with zero attached hydrogens (tertiary/aromatic N) is 5. The molecule has 3 aromatic heterocycles. The zero-order valence-electron chi connectivity index (χ0n) is 13.2. The van der Waals surface area contributed by atoms with Crippen LogP contribution in [0, 0.1) is 0 Å². The molecule has 1 aromatic carbocycles. The fraction of sp³-hybridized carbons (Fsp3) is 0.0556. The summed E-state index contributed by atoms with van der Waals surface area (Å²) < 4.78 is 1.69. The van der Waals surface area contributed by atoms with Crippen molar-refractivity contribution in [1.82, 2.24) is 24.5 Å². The molecule has 1 amide bonds. The number of aromatic nitrogens is 5.